The summed E-state index contributed by atoms with van der Waals surface area (Å²) in [6.07, 6.45) is -0.0423. The van der Waals surface area contributed by atoms with Crippen LogP contribution in [0.3, 0.4) is 0 Å². The van der Waals surface area contributed by atoms with Crippen molar-refractivity contribution in [3.8, 4) is 0 Å². The van der Waals surface area contributed by atoms with E-state index in [-0.39, 0.29) is 25.7 Å². The molecule has 0 aromatic rings. The number of hydrogen-bond acceptors (Lipinski definition) is 5. The normalized spacial score (nSPS) is 21.1. The fraction of sp³-hybridized carbons (Fsp3) is 1.00. The van der Waals surface area contributed by atoms with Gasteiger partial charge in [-0.1, -0.05) is 34.6 Å². The lowest BCUT2D eigenvalue weighted by Crippen LogP contribution is -2.49. The molecule has 0 aliphatic rings. The van der Waals surface area contributed by atoms with Gasteiger partial charge in [0, 0.05) is 13.0 Å². The van der Waals surface area contributed by atoms with Gasteiger partial charge in [-0.2, -0.15) is 5.11 Å². The Hall–Kier alpha value is -0.240. The number of rotatable bonds is 13. The van der Waals surface area contributed by atoms with Crippen molar-refractivity contribution >= 4 is 0 Å². The first-order valence-corrected chi connectivity index (χ1v) is 8.98. The lowest BCUT2D eigenvalue weighted by Gasteiger charge is -2.36. The number of ether oxygens (including phenoxy) is 2. The molecule has 0 bridgehead atoms. The molecular formula is C18H37O6. The second kappa shape index (κ2) is 10.0. The van der Waals surface area contributed by atoms with Crippen LogP contribution in [0, 0.1) is 5.92 Å². The van der Waals surface area contributed by atoms with Gasteiger partial charge >= 0.3 is 0 Å². The standard InChI is InChI=1S/C18H37O6/c1-7-16(6,20)12-23-11-10-17(21,8-2)13-24-15(19)18(22,9-3)14(4)5/h14-15,20-22H,7-13H2,1-6H3. The van der Waals surface area contributed by atoms with E-state index in [4.69, 9.17) is 9.47 Å². The highest BCUT2D eigenvalue weighted by Gasteiger charge is 2.40. The highest BCUT2D eigenvalue weighted by molar-refractivity contribution is 4.85. The monoisotopic (exact) mass is 349 g/mol. The van der Waals surface area contributed by atoms with Crippen LogP contribution in [0.25, 0.3) is 0 Å². The van der Waals surface area contributed by atoms with E-state index in [1.165, 1.54) is 0 Å². The van der Waals surface area contributed by atoms with Crippen LogP contribution >= 0.6 is 0 Å². The molecule has 0 aromatic carbocycles. The maximum Gasteiger partial charge on any atom is 0.220 e. The van der Waals surface area contributed by atoms with Gasteiger partial charge in [-0.25, -0.2) is 0 Å². The largest absolute Gasteiger partial charge is 0.388 e. The second-order valence-electron chi connectivity index (χ2n) is 7.37. The van der Waals surface area contributed by atoms with E-state index in [2.05, 4.69) is 0 Å². The van der Waals surface area contributed by atoms with Crippen LogP contribution in [0.2, 0.25) is 0 Å². The third kappa shape index (κ3) is 7.33. The zero-order valence-electron chi connectivity index (χ0n) is 16.2. The smallest absolute Gasteiger partial charge is 0.220 e. The quantitative estimate of drug-likeness (QED) is 0.350. The summed E-state index contributed by atoms with van der Waals surface area (Å²) in [5, 5.41) is 43.0. The van der Waals surface area contributed by atoms with Crippen molar-refractivity contribution in [1.29, 1.82) is 0 Å². The van der Waals surface area contributed by atoms with Crippen molar-refractivity contribution in [2.24, 2.45) is 5.92 Å². The topological polar surface area (TPSA) is 99.0 Å². The van der Waals surface area contributed by atoms with Crippen LogP contribution in [0.15, 0.2) is 0 Å². The first-order valence-electron chi connectivity index (χ1n) is 8.98. The van der Waals surface area contributed by atoms with Gasteiger partial charge in [0.2, 0.25) is 6.29 Å². The van der Waals surface area contributed by atoms with E-state index in [0.717, 1.165) is 0 Å². The first kappa shape index (κ1) is 23.8. The third-order valence-electron chi connectivity index (χ3n) is 5.02. The highest BCUT2D eigenvalue weighted by atomic mass is 16.6. The lowest BCUT2D eigenvalue weighted by molar-refractivity contribution is -0.271. The van der Waals surface area contributed by atoms with Crippen LogP contribution < -0.4 is 0 Å². The summed E-state index contributed by atoms with van der Waals surface area (Å²) in [5.41, 5.74) is -3.52. The van der Waals surface area contributed by atoms with E-state index >= 15 is 0 Å². The highest BCUT2D eigenvalue weighted by Crippen LogP contribution is 2.28. The van der Waals surface area contributed by atoms with E-state index in [9.17, 15) is 20.4 Å². The van der Waals surface area contributed by atoms with E-state index in [1.807, 2.05) is 6.92 Å². The minimum atomic E-state index is -1.61. The SMILES string of the molecule is CCC(C)(O)COCCC(O)(CC)COC([O])C(O)(CC)C(C)C. The molecule has 0 heterocycles. The van der Waals surface area contributed by atoms with Crippen molar-refractivity contribution < 1.29 is 29.9 Å². The summed E-state index contributed by atoms with van der Waals surface area (Å²) in [6.45, 7) is 11.0. The average molecular weight is 349 g/mol. The van der Waals surface area contributed by atoms with E-state index in [0.29, 0.717) is 25.7 Å². The van der Waals surface area contributed by atoms with Gasteiger partial charge in [-0.05, 0) is 32.1 Å². The molecule has 4 unspecified atom stereocenters. The first-order chi connectivity index (χ1) is 11.0. The summed E-state index contributed by atoms with van der Waals surface area (Å²) in [6, 6.07) is 0. The van der Waals surface area contributed by atoms with Crippen molar-refractivity contribution in [3.05, 3.63) is 0 Å². The maximum atomic E-state index is 12.2. The summed E-state index contributed by atoms with van der Waals surface area (Å²) >= 11 is 0. The summed E-state index contributed by atoms with van der Waals surface area (Å²) in [7, 11) is 0. The van der Waals surface area contributed by atoms with Crippen molar-refractivity contribution in [2.45, 2.75) is 90.3 Å². The van der Waals surface area contributed by atoms with Gasteiger partial charge < -0.3 is 24.8 Å². The molecular weight excluding hydrogens is 312 g/mol. The van der Waals surface area contributed by atoms with Crippen LogP contribution in [0.4, 0.5) is 0 Å². The Morgan fingerprint density at radius 3 is 1.96 bits per heavy atom. The fourth-order valence-corrected chi connectivity index (χ4v) is 2.23. The summed E-state index contributed by atoms with van der Waals surface area (Å²) in [5.74, 6) is -0.237. The molecule has 0 spiro atoms. The molecule has 0 aliphatic carbocycles. The van der Waals surface area contributed by atoms with E-state index in [1.54, 1.807) is 34.6 Å². The zero-order chi connectivity index (χ0) is 19.0. The zero-order valence-corrected chi connectivity index (χ0v) is 16.2. The molecule has 0 rings (SSSR count). The molecule has 0 fully saturated rings. The van der Waals surface area contributed by atoms with Crippen molar-refractivity contribution in [2.75, 3.05) is 19.8 Å². The van der Waals surface area contributed by atoms with Gasteiger partial charge in [0.1, 0.15) is 5.60 Å². The molecule has 145 valence electrons. The third-order valence-corrected chi connectivity index (χ3v) is 5.02. The Kier molecular flexibility index (Phi) is 9.94. The number of aliphatic hydroxyl groups is 3. The van der Waals surface area contributed by atoms with Crippen LogP contribution in [-0.4, -0.2) is 58.2 Å². The van der Waals surface area contributed by atoms with Crippen molar-refractivity contribution in [1.82, 2.24) is 0 Å². The second-order valence-corrected chi connectivity index (χ2v) is 7.37. The molecule has 3 N–H and O–H groups in total. The molecule has 0 amide bonds. The fourth-order valence-electron chi connectivity index (χ4n) is 2.23. The van der Waals surface area contributed by atoms with Gasteiger partial charge in [0.25, 0.3) is 0 Å². The Balaban J connectivity index is 4.47. The molecule has 6 heteroatoms. The minimum Gasteiger partial charge on any atom is -0.388 e. The number of hydrogen-bond donors (Lipinski definition) is 3. The van der Waals surface area contributed by atoms with Gasteiger partial charge in [0.15, 0.2) is 0 Å². The molecule has 6 nitrogen and oxygen atoms in total. The van der Waals surface area contributed by atoms with Crippen molar-refractivity contribution in [3.63, 3.8) is 0 Å². The average Bonchev–Trinajstić information content (AvgIpc) is 2.55. The Morgan fingerprint density at radius 1 is 0.958 bits per heavy atom. The summed E-state index contributed by atoms with van der Waals surface area (Å²) < 4.78 is 10.7. The van der Waals surface area contributed by atoms with Gasteiger partial charge in [0.05, 0.1) is 24.4 Å². The minimum absolute atomic E-state index is 0.153. The van der Waals surface area contributed by atoms with Crippen LogP contribution in [0.5, 0.6) is 0 Å². The molecule has 0 aromatic heterocycles. The molecule has 4 atom stereocenters. The summed E-state index contributed by atoms with van der Waals surface area (Å²) in [4.78, 5) is 0. The maximum absolute atomic E-state index is 12.2. The predicted molar refractivity (Wildman–Crippen MR) is 92.1 cm³/mol. The predicted octanol–water partition coefficient (Wildman–Crippen LogP) is 2.27. The molecule has 1 radical (unpaired) electrons. The van der Waals surface area contributed by atoms with Crippen LogP contribution in [0.1, 0.15) is 67.2 Å². The van der Waals surface area contributed by atoms with E-state index < -0.39 is 23.1 Å². The molecule has 0 saturated heterocycles. The Bertz CT molecular complexity index is 346. The lowest BCUT2D eigenvalue weighted by atomic mass is 9.87. The Morgan fingerprint density at radius 2 is 1.54 bits per heavy atom. The molecule has 0 aliphatic heterocycles. The molecule has 24 heavy (non-hydrogen) atoms. The van der Waals surface area contributed by atoms with Crippen LogP contribution in [-0.2, 0) is 14.6 Å². The van der Waals surface area contributed by atoms with Gasteiger partial charge in [-0.15, -0.1) is 0 Å². The van der Waals surface area contributed by atoms with Gasteiger partial charge in [-0.3, -0.25) is 0 Å². The Labute approximate surface area is 146 Å². The molecule has 0 saturated carbocycles.